The summed E-state index contributed by atoms with van der Waals surface area (Å²) in [6.45, 7) is 4.53. The molecule has 4 heteroatoms. The minimum atomic E-state index is 0.356. The van der Waals surface area contributed by atoms with Crippen LogP contribution in [0.3, 0.4) is 0 Å². The van der Waals surface area contributed by atoms with Crippen LogP contribution in [0.2, 0.25) is 0 Å². The first-order valence-corrected chi connectivity index (χ1v) is 8.61. The van der Waals surface area contributed by atoms with Crippen molar-refractivity contribution < 1.29 is 4.74 Å². The lowest BCUT2D eigenvalue weighted by Crippen LogP contribution is -2.53. The number of ether oxygens (including phenoxy) is 1. The maximum Gasteiger partial charge on any atom is 0.117 e. The van der Waals surface area contributed by atoms with E-state index in [-0.39, 0.29) is 0 Å². The van der Waals surface area contributed by atoms with Gasteiger partial charge in [0.2, 0.25) is 0 Å². The molecule has 0 amide bonds. The van der Waals surface area contributed by atoms with Crippen LogP contribution in [0, 0.1) is 11.3 Å². The SMILES string of the molecule is N#C/C(=C\Cc1ccccc1)N1CCCCC1N1CCOCC1. The van der Waals surface area contributed by atoms with Gasteiger partial charge in [-0.25, -0.2) is 0 Å². The van der Waals surface area contributed by atoms with Crippen molar-refractivity contribution in [2.45, 2.75) is 31.8 Å². The number of allylic oxidation sites excluding steroid dienone is 2. The van der Waals surface area contributed by atoms with Crippen molar-refractivity contribution >= 4 is 0 Å². The van der Waals surface area contributed by atoms with E-state index in [1.807, 2.05) is 18.2 Å². The molecule has 2 aliphatic rings. The zero-order chi connectivity index (χ0) is 15.9. The molecule has 2 heterocycles. The largest absolute Gasteiger partial charge is 0.379 e. The average Bonchev–Trinajstić information content (AvgIpc) is 2.64. The summed E-state index contributed by atoms with van der Waals surface area (Å²) in [7, 11) is 0. The Morgan fingerprint density at radius 2 is 1.96 bits per heavy atom. The molecule has 122 valence electrons. The van der Waals surface area contributed by atoms with E-state index in [2.05, 4.69) is 34.1 Å². The van der Waals surface area contributed by atoms with E-state index in [4.69, 9.17) is 4.74 Å². The molecule has 1 aromatic carbocycles. The third kappa shape index (κ3) is 4.13. The van der Waals surface area contributed by atoms with E-state index in [0.717, 1.165) is 51.4 Å². The third-order valence-electron chi connectivity index (χ3n) is 4.74. The monoisotopic (exact) mass is 311 g/mol. The molecule has 3 rings (SSSR count). The van der Waals surface area contributed by atoms with Crippen molar-refractivity contribution in [2.24, 2.45) is 0 Å². The Kier molecular flexibility index (Phi) is 5.68. The topological polar surface area (TPSA) is 39.5 Å². The van der Waals surface area contributed by atoms with Crippen LogP contribution in [0.4, 0.5) is 0 Å². The minimum Gasteiger partial charge on any atom is -0.379 e. The molecule has 2 aliphatic heterocycles. The van der Waals surface area contributed by atoms with E-state index in [9.17, 15) is 5.26 Å². The molecule has 1 atom stereocenters. The smallest absolute Gasteiger partial charge is 0.117 e. The molecule has 1 aromatic rings. The number of likely N-dealkylation sites (tertiary alicyclic amines) is 1. The number of hydrogen-bond acceptors (Lipinski definition) is 4. The summed E-state index contributed by atoms with van der Waals surface area (Å²) in [5, 5.41) is 9.67. The van der Waals surface area contributed by atoms with Crippen LogP contribution in [0.1, 0.15) is 24.8 Å². The number of benzene rings is 1. The van der Waals surface area contributed by atoms with Crippen LogP contribution in [0.5, 0.6) is 0 Å². The molecule has 0 aliphatic carbocycles. The lowest BCUT2D eigenvalue weighted by Gasteiger charge is -2.44. The van der Waals surface area contributed by atoms with Gasteiger partial charge >= 0.3 is 0 Å². The number of nitriles is 1. The molecule has 0 aromatic heterocycles. The van der Waals surface area contributed by atoms with Gasteiger partial charge in [-0.2, -0.15) is 5.26 Å². The Hall–Kier alpha value is -1.83. The lowest BCUT2D eigenvalue weighted by molar-refractivity contribution is -0.0344. The third-order valence-corrected chi connectivity index (χ3v) is 4.74. The summed E-state index contributed by atoms with van der Waals surface area (Å²) >= 11 is 0. The Labute approximate surface area is 139 Å². The average molecular weight is 311 g/mol. The Morgan fingerprint density at radius 1 is 1.17 bits per heavy atom. The number of hydrogen-bond donors (Lipinski definition) is 0. The first-order chi connectivity index (χ1) is 11.4. The quantitative estimate of drug-likeness (QED) is 0.802. The van der Waals surface area contributed by atoms with Crippen molar-refractivity contribution in [3.05, 3.63) is 47.7 Å². The first kappa shape index (κ1) is 16.0. The summed E-state index contributed by atoms with van der Waals surface area (Å²) < 4.78 is 5.48. The summed E-state index contributed by atoms with van der Waals surface area (Å²) in [5.41, 5.74) is 2.07. The second-order valence-corrected chi connectivity index (χ2v) is 6.21. The highest BCUT2D eigenvalue weighted by Crippen LogP contribution is 2.25. The Bertz CT molecular complexity index is 558. The van der Waals surface area contributed by atoms with Gasteiger partial charge in [0.1, 0.15) is 11.8 Å². The molecule has 23 heavy (non-hydrogen) atoms. The van der Waals surface area contributed by atoms with Crippen LogP contribution in [0.15, 0.2) is 42.1 Å². The van der Waals surface area contributed by atoms with Crippen LogP contribution < -0.4 is 0 Å². The second-order valence-electron chi connectivity index (χ2n) is 6.21. The van der Waals surface area contributed by atoms with Gasteiger partial charge < -0.3 is 9.64 Å². The molecule has 2 fully saturated rings. The van der Waals surface area contributed by atoms with Gasteiger partial charge in [-0.1, -0.05) is 30.3 Å². The first-order valence-electron chi connectivity index (χ1n) is 8.61. The number of nitrogens with zero attached hydrogens (tertiary/aromatic N) is 3. The minimum absolute atomic E-state index is 0.356. The van der Waals surface area contributed by atoms with Crippen molar-refractivity contribution in [3.8, 4) is 6.07 Å². The van der Waals surface area contributed by atoms with E-state index < -0.39 is 0 Å². The predicted octanol–water partition coefficient (Wildman–Crippen LogP) is 2.78. The summed E-state index contributed by atoms with van der Waals surface area (Å²) in [4.78, 5) is 4.80. The van der Waals surface area contributed by atoms with E-state index in [1.165, 1.54) is 18.4 Å². The van der Waals surface area contributed by atoms with Crippen molar-refractivity contribution in [1.82, 2.24) is 9.80 Å². The zero-order valence-corrected chi connectivity index (χ0v) is 13.7. The fourth-order valence-corrected chi connectivity index (χ4v) is 3.51. The predicted molar refractivity (Wildman–Crippen MR) is 90.6 cm³/mol. The van der Waals surface area contributed by atoms with Crippen molar-refractivity contribution in [1.29, 1.82) is 5.26 Å². The molecule has 0 radical (unpaired) electrons. The summed E-state index contributed by atoms with van der Waals surface area (Å²) in [6, 6.07) is 12.8. The van der Waals surface area contributed by atoms with Gasteiger partial charge in [-0.3, -0.25) is 4.90 Å². The normalized spacial score (nSPS) is 23.5. The molecule has 4 nitrogen and oxygen atoms in total. The fraction of sp³-hybridized carbons (Fsp3) is 0.526. The van der Waals surface area contributed by atoms with E-state index in [1.54, 1.807) is 0 Å². The summed E-state index contributed by atoms with van der Waals surface area (Å²) in [6.07, 6.45) is 6.82. The standard InChI is InChI=1S/C19H25N3O/c20-16-18(10-9-17-6-2-1-3-7-17)22-11-5-4-8-19(22)21-12-14-23-15-13-21/h1-3,6-7,10,19H,4-5,8-9,11-15H2/b18-10+. The van der Waals surface area contributed by atoms with Crippen LogP contribution in [-0.4, -0.2) is 48.8 Å². The highest BCUT2D eigenvalue weighted by atomic mass is 16.5. The number of rotatable bonds is 4. The fourth-order valence-electron chi connectivity index (χ4n) is 3.51. The molecule has 0 bridgehead atoms. The Morgan fingerprint density at radius 3 is 2.70 bits per heavy atom. The van der Waals surface area contributed by atoms with Gasteiger partial charge in [0.15, 0.2) is 0 Å². The van der Waals surface area contributed by atoms with Crippen LogP contribution in [-0.2, 0) is 11.2 Å². The van der Waals surface area contributed by atoms with Crippen LogP contribution in [0.25, 0.3) is 0 Å². The van der Waals surface area contributed by atoms with Gasteiger partial charge in [0.05, 0.1) is 19.4 Å². The lowest BCUT2D eigenvalue weighted by atomic mass is 10.0. The molecule has 2 saturated heterocycles. The molecule has 0 spiro atoms. The highest BCUT2D eigenvalue weighted by molar-refractivity contribution is 5.25. The molecule has 0 saturated carbocycles. The maximum absolute atomic E-state index is 9.67. The van der Waals surface area contributed by atoms with Gasteiger partial charge in [0, 0.05) is 19.6 Å². The van der Waals surface area contributed by atoms with E-state index >= 15 is 0 Å². The maximum atomic E-state index is 9.67. The zero-order valence-electron chi connectivity index (χ0n) is 13.7. The van der Waals surface area contributed by atoms with Crippen molar-refractivity contribution in [3.63, 3.8) is 0 Å². The Balaban J connectivity index is 1.73. The van der Waals surface area contributed by atoms with Crippen molar-refractivity contribution in [2.75, 3.05) is 32.8 Å². The summed E-state index contributed by atoms with van der Waals surface area (Å²) in [5.74, 6) is 0. The van der Waals surface area contributed by atoms with Crippen LogP contribution >= 0.6 is 0 Å². The van der Waals surface area contributed by atoms with Gasteiger partial charge in [-0.15, -0.1) is 0 Å². The molecule has 1 unspecified atom stereocenters. The van der Waals surface area contributed by atoms with Gasteiger partial charge in [-0.05, 0) is 37.3 Å². The van der Waals surface area contributed by atoms with E-state index in [0.29, 0.717) is 6.17 Å². The number of morpholine rings is 1. The molecular weight excluding hydrogens is 286 g/mol. The highest BCUT2D eigenvalue weighted by Gasteiger charge is 2.30. The van der Waals surface area contributed by atoms with Gasteiger partial charge in [0.25, 0.3) is 0 Å². The molecule has 0 N–H and O–H groups in total. The number of piperidine rings is 1. The second kappa shape index (κ2) is 8.14. The molecular formula is C19H25N3O.